The third kappa shape index (κ3) is 8.61. The van der Waals surface area contributed by atoms with Gasteiger partial charge in [-0.25, -0.2) is 0 Å². The molecule has 0 bridgehead atoms. The number of benzene rings is 2. The van der Waals surface area contributed by atoms with Crippen LogP contribution in [-0.4, -0.2) is 39.1 Å². The molecule has 0 aromatic heterocycles. The molecule has 0 radical (unpaired) electrons. The Kier molecular flexibility index (Phi) is 11.1. The van der Waals surface area contributed by atoms with Crippen molar-refractivity contribution in [3.8, 4) is 11.5 Å². The number of unbranched alkanes of at least 4 members (excludes halogenated alkanes) is 2. The van der Waals surface area contributed by atoms with E-state index in [4.69, 9.17) is 9.47 Å². The molecule has 0 spiro atoms. The van der Waals surface area contributed by atoms with E-state index >= 15 is 0 Å². The summed E-state index contributed by atoms with van der Waals surface area (Å²) in [4.78, 5) is 24.6. The van der Waals surface area contributed by atoms with Crippen LogP contribution in [-0.2, 0) is 0 Å². The van der Waals surface area contributed by atoms with E-state index in [1.54, 1.807) is 62.8 Å². The highest BCUT2D eigenvalue weighted by Gasteiger charge is 2.11. The van der Waals surface area contributed by atoms with Crippen molar-refractivity contribution in [2.45, 2.75) is 45.4 Å². The van der Waals surface area contributed by atoms with Gasteiger partial charge in [-0.3, -0.25) is 9.59 Å². The summed E-state index contributed by atoms with van der Waals surface area (Å²) in [5, 5.41) is 6.04. The standard InChI is InChI=1S/C26H36N2O4/c1-4-8-20(19-28-26(30)22-12-16-24(32-3)17-13-22)9-6-5-7-18-27-25(29)21-10-14-23(31-2)15-11-21/h10-17,20H,4-9,18-19H2,1-3H3,(H,27,29)(H,28,30). The average Bonchev–Trinajstić information content (AvgIpc) is 2.84. The van der Waals surface area contributed by atoms with Gasteiger partial charge in [0.2, 0.25) is 0 Å². The van der Waals surface area contributed by atoms with Crippen LogP contribution >= 0.6 is 0 Å². The summed E-state index contributed by atoms with van der Waals surface area (Å²) < 4.78 is 10.2. The summed E-state index contributed by atoms with van der Waals surface area (Å²) in [6.07, 6.45) is 6.34. The Bertz CT molecular complexity index is 819. The number of carbonyl (C=O) groups excluding carboxylic acids is 2. The summed E-state index contributed by atoms with van der Waals surface area (Å²) in [6.45, 7) is 3.53. The molecule has 0 saturated carbocycles. The number of nitrogens with one attached hydrogen (secondary N) is 2. The molecule has 2 aromatic carbocycles. The molecular weight excluding hydrogens is 404 g/mol. The lowest BCUT2D eigenvalue weighted by Crippen LogP contribution is -2.29. The minimum atomic E-state index is -0.0576. The molecule has 2 rings (SSSR count). The molecular formula is C26H36N2O4. The van der Waals surface area contributed by atoms with Crippen molar-refractivity contribution >= 4 is 11.8 Å². The zero-order valence-electron chi connectivity index (χ0n) is 19.5. The van der Waals surface area contributed by atoms with Crippen LogP contribution in [0.4, 0.5) is 0 Å². The van der Waals surface area contributed by atoms with Gasteiger partial charge < -0.3 is 20.1 Å². The second-order valence-corrected chi connectivity index (χ2v) is 7.93. The molecule has 0 saturated heterocycles. The van der Waals surface area contributed by atoms with Crippen LogP contribution in [0.5, 0.6) is 11.5 Å². The minimum Gasteiger partial charge on any atom is -0.497 e. The third-order valence-corrected chi connectivity index (χ3v) is 5.53. The van der Waals surface area contributed by atoms with Crippen LogP contribution in [0.3, 0.4) is 0 Å². The smallest absolute Gasteiger partial charge is 0.251 e. The first-order chi connectivity index (χ1) is 15.6. The predicted octanol–water partition coefficient (Wildman–Crippen LogP) is 4.84. The molecule has 1 atom stereocenters. The fourth-order valence-electron chi connectivity index (χ4n) is 3.62. The maximum atomic E-state index is 12.4. The first kappa shape index (κ1) is 25.2. The zero-order chi connectivity index (χ0) is 23.2. The van der Waals surface area contributed by atoms with Crippen LogP contribution in [0.2, 0.25) is 0 Å². The Morgan fingerprint density at radius 2 is 1.28 bits per heavy atom. The summed E-state index contributed by atoms with van der Waals surface area (Å²) in [6, 6.07) is 14.3. The van der Waals surface area contributed by atoms with Crippen molar-refractivity contribution in [2.24, 2.45) is 5.92 Å². The molecule has 2 N–H and O–H groups in total. The van der Waals surface area contributed by atoms with Crippen molar-refractivity contribution in [1.82, 2.24) is 10.6 Å². The van der Waals surface area contributed by atoms with Crippen LogP contribution in [0.1, 0.15) is 66.2 Å². The molecule has 0 heterocycles. The molecule has 32 heavy (non-hydrogen) atoms. The predicted molar refractivity (Wildman–Crippen MR) is 128 cm³/mol. The largest absolute Gasteiger partial charge is 0.497 e. The summed E-state index contributed by atoms with van der Waals surface area (Å²) in [7, 11) is 3.22. The second kappa shape index (κ2) is 14.1. The first-order valence-electron chi connectivity index (χ1n) is 11.4. The second-order valence-electron chi connectivity index (χ2n) is 7.93. The molecule has 2 aromatic rings. The van der Waals surface area contributed by atoms with Crippen molar-refractivity contribution in [2.75, 3.05) is 27.3 Å². The van der Waals surface area contributed by atoms with Gasteiger partial charge in [0.1, 0.15) is 11.5 Å². The fourth-order valence-corrected chi connectivity index (χ4v) is 3.62. The molecule has 6 nitrogen and oxygen atoms in total. The van der Waals surface area contributed by atoms with Gasteiger partial charge in [0.25, 0.3) is 11.8 Å². The van der Waals surface area contributed by atoms with Gasteiger partial charge in [-0.15, -0.1) is 0 Å². The van der Waals surface area contributed by atoms with Crippen molar-refractivity contribution in [1.29, 1.82) is 0 Å². The molecule has 0 aliphatic carbocycles. The topological polar surface area (TPSA) is 76.7 Å². The maximum absolute atomic E-state index is 12.4. The highest BCUT2D eigenvalue weighted by molar-refractivity contribution is 5.94. The van der Waals surface area contributed by atoms with Crippen LogP contribution in [0, 0.1) is 5.92 Å². The number of carbonyl (C=O) groups is 2. The number of rotatable bonds is 14. The Labute approximate surface area is 191 Å². The Balaban J connectivity index is 1.64. The highest BCUT2D eigenvalue weighted by Crippen LogP contribution is 2.16. The lowest BCUT2D eigenvalue weighted by Gasteiger charge is -2.17. The fraction of sp³-hybridized carbons (Fsp3) is 0.462. The average molecular weight is 441 g/mol. The zero-order valence-corrected chi connectivity index (χ0v) is 19.5. The Morgan fingerprint density at radius 1 is 0.750 bits per heavy atom. The van der Waals surface area contributed by atoms with E-state index in [2.05, 4.69) is 17.6 Å². The molecule has 0 aliphatic heterocycles. The first-order valence-corrected chi connectivity index (χ1v) is 11.4. The van der Waals surface area contributed by atoms with Crippen LogP contribution in [0.15, 0.2) is 48.5 Å². The molecule has 2 amide bonds. The van der Waals surface area contributed by atoms with Crippen molar-refractivity contribution in [3.05, 3.63) is 59.7 Å². The third-order valence-electron chi connectivity index (χ3n) is 5.53. The summed E-state index contributed by atoms with van der Waals surface area (Å²) >= 11 is 0. The van der Waals surface area contributed by atoms with E-state index in [0.717, 1.165) is 50.0 Å². The summed E-state index contributed by atoms with van der Waals surface area (Å²) in [5.41, 5.74) is 1.29. The van der Waals surface area contributed by atoms with Gasteiger partial charge in [-0.2, -0.15) is 0 Å². The quantitative estimate of drug-likeness (QED) is 0.412. The van der Waals surface area contributed by atoms with Crippen LogP contribution in [0.25, 0.3) is 0 Å². The normalized spacial score (nSPS) is 11.5. The van der Waals surface area contributed by atoms with Gasteiger partial charge in [0, 0.05) is 24.2 Å². The monoisotopic (exact) mass is 440 g/mol. The van der Waals surface area contributed by atoms with Gasteiger partial charge in [-0.05, 0) is 73.7 Å². The number of hydrogen-bond donors (Lipinski definition) is 2. The highest BCUT2D eigenvalue weighted by atomic mass is 16.5. The molecule has 174 valence electrons. The van der Waals surface area contributed by atoms with E-state index in [1.165, 1.54) is 0 Å². The molecule has 0 fully saturated rings. The van der Waals surface area contributed by atoms with Gasteiger partial charge in [-0.1, -0.05) is 26.2 Å². The number of hydrogen-bond acceptors (Lipinski definition) is 4. The van der Waals surface area contributed by atoms with E-state index in [1.807, 2.05) is 0 Å². The maximum Gasteiger partial charge on any atom is 0.251 e. The number of ether oxygens (including phenoxy) is 2. The van der Waals surface area contributed by atoms with Crippen molar-refractivity contribution in [3.63, 3.8) is 0 Å². The molecule has 6 heteroatoms. The summed E-state index contributed by atoms with van der Waals surface area (Å²) in [5.74, 6) is 1.85. The Hall–Kier alpha value is -3.02. The van der Waals surface area contributed by atoms with E-state index in [0.29, 0.717) is 30.1 Å². The van der Waals surface area contributed by atoms with Gasteiger partial charge in [0.05, 0.1) is 14.2 Å². The van der Waals surface area contributed by atoms with E-state index < -0.39 is 0 Å². The molecule has 1 unspecified atom stereocenters. The van der Waals surface area contributed by atoms with E-state index in [-0.39, 0.29) is 11.8 Å². The Morgan fingerprint density at radius 3 is 1.78 bits per heavy atom. The molecule has 0 aliphatic rings. The lowest BCUT2D eigenvalue weighted by molar-refractivity contribution is 0.0941. The van der Waals surface area contributed by atoms with Crippen LogP contribution < -0.4 is 20.1 Å². The van der Waals surface area contributed by atoms with Gasteiger partial charge >= 0.3 is 0 Å². The lowest BCUT2D eigenvalue weighted by atomic mass is 9.96. The number of amides is 2. The SMILES string of the molecule is CCCC(CCCCCNC(=O)c1ccc(OC)cc1)CNC(=O)c1ccc(OC)cc1. The minimum absolute atomic E-state index is 0.0463. The van der Waals surface area contributed by atoms with Gasteiger partial charge in [0.15, 0.2) is 0 Å². The van der Waals surface area contributed by atoms with Crippen molar-refractivity contribution < 1.29 is 19.1 Å². The number of methoxy groups -OCH3 is 2. The van der Waals surface area contributed by atoms with E-state index in [9.17, 15) is 9.59 Å².